The van der Waals surface area contributed by atoms with Crippen molar-refractivity contribution in [3.8, 4) is 44.9 Å². The molecule has 0 unspecified atom stereocenters. The number of aryl methyl sites for hydroxylation is 4. The van der Waals surface area contributed by atoms with E-state index in [4.69, 9.17) is 8.83 Å². The summed E-state index contributed by atoms with van der Waals surface area (Å²) in [7, 11) is 0. The Bertz CT molecular complexity index is 2220. The van der Waals surface area contributed by atoms with Crippen LogP contribution in [-0.2, 0) is 36.2 Å². The van der Waals surface area contributed by atoms with Crippen molar-refractivity contribution in [1.82, 2.24) is 0 Å². The van der Waals surface area contributed by atoms with Crippen molar-refractivity contribution >= 4 is 27.0 Å². The molecule has 2 nitrogen and oxygen atoms in total. The Morgan fingerprint density at radius 3 is 1.22 bits per heavy atom. The SMILES string of the molecule is CCCc1ccc(-c2cccc3[cH-]c(-c4ccc(C)o4)cc23)cc1.CCCc1ccc(-c2cccc3[cH-]c(-c4ccc(C)o4)cc23)cc1.C[Si](C)=[Zr+2].[Cl-].[Cl-]. The molecule has 0 spiro atoms. The second-order valence-electron chi connectivity index (χ2n) is 13.8. The number of rotatable bonds is 8. The third kappa shape index (κ3) is 10.8. The van der Waals surface area contributed by atoms with Gasteiger partial charge in [0.05, 0.1) is 23.0 Å². The van der Waals surface area contributed by atoms with Gasteiger partial charge in [-0.3, -0.25) is 0 Å². The van der Waals surface area contributed by atoms with Crippen LogP contribution in [0.3, 0.4) is 0 Å². The van der Waals surface area contributed by atoms with Gasteiger partial charge in [-0.1, -0.05) is 122 Å². The number of hydrogen-bond acceptors (Lipinski definition) is 2. The monoisotopic (exact) mass is 844 g/mol. The predicted molar refractivity (Wildman–Crippen MR) is 220 cm³/mol. The van der Waals surface area contributed by atoms with E-state index < -0.39 is 0 Å². The Kier molecular flexibility index (Phi) is 16.2. The van der Waals surface area contributed by atoms with E-state index in [1.807, 2.05) is 38.1 Å². The predicted octanol–water partition coefficient (Wildman–Crippen LogP) is 8.29. The summed E-state index contributed by atoms with van der Waals surface area (Å²) >= 11 is 1.74. The number of benzene rings is 4. The second-order valence-corrected chi connectivity index (χ2v) is 23.2. The molecule has 2 heterocycles. The fourth-order valence-electron chi connectivity index (χ4n) is 6.72. The molecule has 6 heteroatoms. The van der Waals surface area contributed by atoms with Crippen LogP contribution in [0.25, 0.3) is 66.4 Å². The summed E-state index contributed by atoms with van der Waals surface area (Å²) in [5, 5.41) is 5.08. The second kappa shape index (κ2) is 20.3. The average Bonchev–Trinajstić information content (AvgIpc) is 3.95. The van der Waals surface area contributed by atoms with Crippen LogP contribution in [0.2, 0.25) is 13.1 Å². The summed E-state index contributed by atoms with van der Waals surface area (Å²) in [4.78, 5) is 0. The quantitative estimate of drug-likeness (QED) is 0.114. The summed E-state index contributed by atoms with van der Waals surface area (Å²) in [6, 6.07) is 48.0. The molecule has 276 valence electrons. The molecule has 0 amide bonds. The molecule has 0 fully saturated rings. The third-order valence-corrected chi connectivity index (χ3v) is 9.16. The van der Waals surface area contributed by atoms with Crippen molar-refractivity contribution in [2.24, 2.45) is 0 Å². The number of fused-ring (bicyclic) bond motifs is 2. The molecule has 54 heavy (non-hydrogen) atoms. The fourth-order valence-corrected chi connectivity index (χ4v) is 6.72. The maximum atomic E-state index is 5.79. The standard InChI is InChI=1S/2C23H21O.C2H6Si.2ClH.Zr/c2*1-3-5-17-9-11-18(12-10-17)21-7-4-6-19-14-20(15-22(19)21)23-13-8-16(2)24-23;1-3-2;;;/h2*4,6-15H,3,5H2,1-2H3;1-2H3;2*1H;/q2*-1;;;;+2/p-2. The van der Waals surface area contributed by atoms with Crippen molar-refractivity contribution < 1.29 is 57.0 Å². The zero-order valence-corrected chi connectivity index (χ0v) is 37.1. The van der Waals surface area contributed by atoms with Gasteiger partial charge >= 0.3 is 41.9 Å². The van der Waals surface area contributed by atoms with Gasteiger partial charge in [0.2, 0.25) is 0 Å². The van der Waals surface area contributed by atoms with E-state index in [0.29, 0.717) is 0 Å². The maximum Gasteiger partial charge on any atom is -1.00 e. The molecule has 0 aliphatic carbocycles. The van der Waals surface area contributed by atoms with Crippen LogP contribution in [0.1, 0.15) is 49.3 Å². The first-order chi connectivity index (χ1) is 25.2. The van der Waals surface area contributed by atoms with Gasteiger partial charge in [-0.2, -0.15) is 0 Å². The van der Waals surface area contributed by atoms with Gasteiger partial charge in [0.1, 0.15) is 0 Å². The first kappa shape index (κ1) is 43.1. The molecule has 0 radical (unpaired) electrons. The molecule has 8 aromatic rings. The third-order valence-electron chi connectivity index (χ3n) is 9.16. The van der Waals surface area contributed by atoms with Gasteiger partial charge < -0.3 is 33.6 Å². The molecule has 2 aromatic heterocycles. The minimum atomic E-state index is 0. The molecule has 0 saturated carbocycles. The summed E-state index contributed by atoms with van der Waals surface area (Å²) in [5.74, 6) is 3.77. The van der Waals surface area contributed by atoms with Crippen LogP contribution < -0.4 is 24.8 Å². The van der Waals surface area contributed by atoms with Crippen molar-refractivity contribution in [3.05, 3.63) is 156 Å². The molecule has 8 rings (SSSR count). The van der Waals surface area contributed by atoms with Gasteiger partial charge in [0.25, 0.3) is 0 Å². The van der Waals surface area contributed by atoms with E-state index in [0.717, 1.165) is 47.0 Å². The molecule has 0 atom stereocenters. The normalized spacial score (nSPS) is 10.5. The van der Waals surface area contributed by atoms with Crippen LogP contribution >= 0.6 is 0 Å². The number of furan rings is 2. The molecular weight excluding hydrogens is 799 g/mol. The first-order valence-electron chi connectivity index (χ1n) is 18.4. The van der Waals surface area contributed by atoms with Crippen molar-refractivity contribution in [2.45, 2.75) is 66.5 Å². The summed E-state index contributed by atoms with van der Waals surface area (Å²) in [6.45, 7) is 13.0. The van der Waals surface area contributed by atoms with Crippen LogP contribution in [0.4, 0.5) is 0 Å². The Morgan fingerprint density at radius 2 is 0.907 bits per heavy atom. The van der Waals surface area contributed by atoms with E-state index in [-0.39, 0.29) is 30.2 Å². The Morgan fingerprint density at radius 1 is 0.537 bits per heavy atom. The van der Waals surface area contributed by atoms with Gasteiger partial charge in [-0.05, 0) is 73.2 Å². The topological polar surface area (TPSA) is 26.3 Å². The summed E-state index contributed by atoms with van der Waals surface area (Å²) in [6.07, 6.45) is 4.65. The summed E-state index contributed by atoms with van der Waals surface area (Å²) < 4.78 is 11.6. The number of hydrogen-bond donors (Lipinski definition) is 0. The molecular formula is C48H48Cl2O2SiZr-2. The molecule has 0 N–H and O–H groups in total. The molecule has 0 saturated heterocycles. The van der Waals surface area contributed by atoms with Crippen LogP contribution in [-0.4, -0.2) is 5.43 Å². The fraction of sp³-hybridized carbons (Fsp3) is 0.208. The molecule has 0 bridgehead atoms. The van der Waals surface area contributed by atoms with E-state index >= 15 is 0 Å². The van der Waals surface area contributed by atoms with Gasteiger partial charge in [-0.25, -0.2) is 0 Å². The van der Waals surface area contributed by atoms with E-state index in [1.165, 1.54) is 67.8 Å². The minimum absolute atomic E-state index is 0. The summed E-state index contributed by atoms with van der Waals surface area (Å²) in [5.41, 5.74) is 10.4. The maximum absolute atomic E-state index is 5.79. The van der Waals surface area contributed by atoms with E-state index in [2.05, 4.69) is 136 Å². The van der Waals surface area contributed by atoms with Crippen molar-refractivity contribution in [1.29, 1.82) is 0 Å². The van der Waals surface area contributed by atoms with Gasteiger partial charge in [0, 0.05) is 0 Å². The Hall–Kier alpha value is -3.66. The van der Waals surface area contributed by atoms with Crippen molar-refractivity contribution in [3.63, 3.8) is 0 Å². The Balaban J connectivity index is 0.000000212. The van der Waals surface area contributed by atoms with E-state index in [1.54, 1.807) is 23.3 Å². The van der Waals surface area contributed by atoms with Crippen LogP contribution in [0.5, 0.6) is 0 Å². The van der Waals surface area contributed by atoms with Crippen LogP contribution in [0.15, 0.2) is 142 Å². The van der Waals surface area contributed by atoms with Gasteiger partial charge in [-0.15, -0.1) is 57.9 Å². The largest absolute Gasteiger partial charge is 1.00 e. The zero-order chi connectivity index (χ0) is 36.6. The minimum Gasteiger partial charge on any atom is -1.00 e. The average molecular weight is 847 g/mol. The number of halogens is 2. The molecule has 0 aliphatic heterocycles. The molecule has 0 aliphatic rings. The smallest absolute Gasteiger partial charge is 1.00 e. The molecule has 6 aromatic carbocycles. The van der Waals surface area contributed by atoms with Crippen LogP contribution in [0, 0.1) is 13.8 Å². The van der Waals surface area contributed by atoms with Crippen molar-refractivity contribution in [2.75, 3.05) is 0 Å². The first-order valence-corrected chi connectivity index (χ1v) is 24.6. The Labute approximate surface area is 348 Å². The van der Waals surface area contributed by atoms with Gasteiger partial charge in [0.15, 0.2) is 0 Å². The van der Waals surface area contributed by atoms with E-state index in [9.17, 15) is 0 Å². The zero-order valence-electron chi connectivity index (χ0n) is 32.1.